The van der Waals surface area contributed by atoms with Gasteiger partial charge in [-0.15, -0.1) is 0 Å². The lowest BCUT2D eigenvalue weighted by atomic mass is 9.86. The maximum absolute atomic E-state index is 13.3. The van der Waals surface area contributed by atoms with Crippen LogP contribution in [-0.4, -0.2) is 36.4 Å². The van der Waals surface area contributed by atoms with Crippen LogP contribution in [0.4, 0.5) is 14.8 Å². The van der Waals surface area contributed by atoms with Crippen LogP contribution in [0.25, 0.3) is 11.4 Å². The van der Waals surface area contributed by atoms with Crippen molar-refractivity contribution in [1.82, 2.24) is 14.9 Å². The number of rotatable bonds is 7. The van der Waals surface area contributed by atoms with Crippen LogP contribution in [0.5, 0.6) is 0 Å². The summed E-state index contributed by atoms with van der Waals surface area (Å²) in [5.41, 5.74) is 0.204. The van der Waals surface area contributed by atoms with Crippen LogP contribution in [0.15, 0.2) is 22.7 Å². The molecular weight excluding hydrogens is 390 g/mol. The molecule has 3 rings (SSSR count). The molecule has 28 heavy (non-hydrogen) atoms. The van der Waals surface area contributed by atoms with Crippen molar-refractivity contribution in [3.05, 3.63) is 29.8 Å². The van der Waals surface area contributed by atoms with E-state index in [4.69, 9.17) is 4.52 Å². The van der Waals surface area contributed by atoms with Gasteiger partial charge >= 0.3 is 6.01 Å². The molecule has 0 atom stereocenters. The summed E-state index contributed by atoms with van der Waals surface area (Å²) in [5, 5.41) is 6.47. The molecule has 0 bridgehead atoms. The Hall–Kier alpha value is -2.07. The number of hydrogen-bond donors (Lipinski definition) is 2. The van der Waals surface area contributed by atoms with Gasteiger partial charge in [0, 0.05) is 24.2 Å². The van der Waals surface area contributed by atoms with Crippen molar-refractivity contribution in [2.45, 2.75) is 50.8 Å². The van der Waals surface area contributed by atoms with Crippen molar-refractivity contribution >= 4 is 16.0 Å². The molecule has 0 spiro atoms. The maximum Gasteiger partial charge on any atom is 0.322 e. The van der Waals surface area contributed by atoms with Gasteiger partial charge in [-0.1, -0.05) is 5.16 Å². The van der Waals surface area contributed by atoms with Gasteiger partial charge in [0.25, 0.3) is 0 Å². The van der Waals surface area contributed by atoms with E-state index in [9.17, 15) is 17.2 Å². The number of halogens is 2. The van der Waals surface area contributed by atoms with E-state index in [-0.39, 0.29) is 23.4 Å². The molecule has 0 aliphatic heterocycles. The molecule has 10 heteroatoms. The number of nitrogens with one attached hydrogen (secondary N) is 2. The molecule has 7 nitrogen and oxygen atoms in total. The minimum atomic E-state index is -3.24. The quantitative estimate of drug-likeness (QED) is 0.721. The van der Waals surface area contributed by atoms with Crippen molar-refractivity contribution in [2.75, 3.05) is 11.9 Å². The average Bonchev–Trinajstić information content (AvgIpc) is 3.09. The number of sulfonamides is 1. The largest absolute Gasteiger partial charge is 0.335 e. The monoisotopic (exact) mass is 414 g/mol. The zero-order valence-corrected chi connectivity index (χ0v) is 16.6. The van der Waals surface area contributed by atoms with Crippen molar-refractivity contribution in [3.8, 4) is 11.4 Å². The van der Waals surface area contributed by atoms with E-state index in [1.165, 1.54) is 0 Å². The van der Waals surface area contributed by atoms with Crippen LogP contribution in [0.3, 0.4) is 0 Å². The van der Waals surface area contributed by atoms with E-state index in [2.05, 4.69) is 20.2 Å². The SMILES string of the molecule is CC(C)S(=O)(=O)NC[C@H]1CC[C@H](Nc2nc(-c3cc(F)cc(F)c3)no2)CC1. The highest BCUT2D eigenvalue weighted by Crippen LogP contribution is 2.27. The predicted octanol–water partition coefficient (Wildman–Crippen LogP) is 3.31. The molecule has 1 aliphatic carbocycles. The van der Waals surface area contributed by atoms with Gasteiger partial charge < -0.3 is 9.84 Å². The van der Waals surface area contributed by atoms with Gasteiger partial charge in [0.05, 0.1) is 5.25 Å². The van der Waals surface area contributed by atoms with Gasteiger partial charge in [-0.05, 0) is 57.6 Å². The van der Waals surface area contributed by atoms with Gasteiger partial charge in [0.1, 0.15) is 11.6 Å². The van der Waals surface area contributed by atoms with E-state index in [1.807, 2.05) is 0 Å². The molecular formula is C18H24F2N4O3S. The molecule has 0 unspecified atom stereocenters. The van der Waals surface area contributed by atoms with E-state index in [1.54, 1.807) is 13.8 Å². The fraction of sp³-hybridized carbons (Fsp3) is 0.556. The molecule has 0 amide bonds. The molecule has 0 radical (unpaired) electrons. The third-order valence-electron chi connectivity index (χ3n) is 4.91. The highest BCUT2D eigenvalue weighted by Gasteiger charge is 2.25. The minimum absolute atomic E-state index is 0.109. The Kier molecular flexibility index (Phi) is 6.29. The first-order valence-electron chi connectivity index (χ1n) is 9.28. The molecule has 2 N–H and O–H groups in total. The normalized spacial score (nSPS) is 20.5. The fourth-order valence-electron chi connectivity index (χ4n) is 3.17. The summed E-state index contributed by atoms with van der Waals surface area (Å²) in [7, 11) is -3.24. The number of nitrogens with zero attached hydrogens (tertiary/aromatic N) is 2. The predicted molar refractivity (Wildman–Crippen MR) is 101 cm³/mol. The highest BCUT2D eigenvalue weighted by atomic mass is 32.2. The van der Waals surface area contributed by atoms with Crippen LogP contribution in [0, 0.1) is 17.6 Å². The molecule has 1 fully saturated rings. The molecule has 1 aromatic carbocycles. The Bertz CT molecular complexity index is 889. The highest BCUT2D eigenvalue weighted by molar-refractivity contribution is 7.90. The van der Waals surface area contributed by atoms with Gasteiger partial charge in [0.2, 0.25) is 15.8 Å². The van der Waals surface area contributed by atoms with E-state index >= 15 is 0 Å². The summed E-state index contributed by atoms with van der Waals surface area (Å²) in [6, 6.07) is 3.38. The van der Waals surface area contributed by atoms with Gasteiger partial charge in [-0.3, -0.25) is 0 Å². The summed E-state index contributed by atoms with van der Waals surface area (Å²) in [4.78, 5) is 4.15. The first-order valence-corrected chi connectivity index (χ1v) is 10.8. The third-order valence-corrected chi connectivity index (χ3v) is 6.73. The van der Waals surface area contributed by atoms with Crippen molar-refractivity contribution in [1.29, 1.82) is 0 Å². The summed E-state index contributed by atoms with van der Waals surface area (Å²) in [6.45, 7) is 3.75. The Morgan fingerprint density at radius 1 is 1.14 bits per heavy atom. The zero-order chi connectivity index (χ0) is 20.3. The molecule has 0 saturated heterocycles. The van der Waals surface area contributed by atoms with Crippen LogP contribution in [0.2, 0.25) is 0 Å². The van der Waals surface area contributed by atoms with Crippen LogP contribution in [0.1, 0.15) is 39.5 Å². The molecule has 1 aliphatic rings. The molecule has 1 heterocycles. The fourth-order valence-corrected chi connectivity index (χ4v) is 3.97. The number of hydrogen-bond acceptors (Lipinski definition) is 6. The smallest absolute Gasteiger partial charge is 0.322 e. The second-order valence-corrected chi connectivity index (χ2v) is 9.71. The lowest BCUT2D eigenvalue weighted by Gasteiger charge is -2.28. The Morgan fingerprint density at radius 3 is 2.39 bits per heavy atom. The third kappa shape index (κ3) is 5.26. The summed E-state index contributed by atoms with van der Waals surface area (Å²) in [6.07, 6.45) is 3.41. The number of aromatic nitrogens is 2. The van der Waals surface area contributed by atoms with E-state index < -0.39 is 26.9 Å². The lowest BCUT2D eigenvalue weighted by Crippen LogP contribution is -2.37. The lowest BCUT2D eigenvalue weighted by molar-refractivity contribution is 0.330. The second kappa shape index (κ2) is 8.52. The first kappa shape index (κ1) is 20.7. The molecule has 154 valence electrons. The minimum Gasteiger partial charge on any atom is -0.335 e. The second-order valence-electron chi connectivity index (χ2n) is 7.39. The van der Waals surface area contributed by atoms with Crippen LogP contribution < -0.4 is 10.0 Å². The summed E-state index contributed by atoms with van der Waals surface area (Å²) in [5.74, 6) is -1.01. The molecule has 1 aromatic heterocycles. The molecule has 1 saturated carbocycles. The standard InChI is InChI=1S/C18H24F2N4O3S/c1-11(2)28(25,26)21-10-12-3-5-16(6-4-12)22-18-23-17(24-27-18)13-7-14(19)9-15(20)8-13/h7-9,11-12,16,21H,3-6,10H2,1-2H3,(H,22,23,24)/t12-,16-. The van der Waals surface area contributed by atoms with Crippen molar-refractivity contribution in [2.24, 2.45) is 5.92 Å². The van der Waals surface area contributed by atoms with E-state index in [0.717, 1.165) is 43.9 Å². The van der Waals surface area contributed by atoms with Crippen LogP contribution >= 0.6 is 0 Å². The summed E-state index contributed by atoms with van der Waals surface area (Å²) < 4.78 is 58.1. The van der Waals surface area contributed by atoms with Crippen molar-refractivity contribution < 1.29 is 21.7 Å². The van der Waals surface area contributed by atoms with Crippen LogP contribution in [-0.2, 0) is 10.0 Å². The topological polar surface area (TPSA) is 97.1 Å². The van der Waals surface area contributed by atoms with Gasteiger partial charge in [-0.25, -0.2) is 21.9 Å². The van der Waals surface area contributed by atoms with Gasteiger partial charge in [-0.2, -0.15) is 4.98 Å². The Labute approximate surface area is 163 Å². The Morgan fingerprint density at radius 2 is 1.79 bits per heavy atom. The number of benzene rings is 1. The Balaban J connectivity index is 1.51. The first-order chi connectivity index (χ1) is 13.2. The van der Waals surface area contributed by atoms with E-state index in [0.29, 0.717) is 12.5 Å². The maximum atomic E-state index is 13.3. The van der Waals surface area contributed by atoms with Gasteiger partial charge in [0.15, 0.2) is 0 Å². The number of anilines is 1. The van der Waals surface area contributed by atoms with Crippen molar-refractivity contribution in [3.63, 3.8) is 0 Å². The zero-order valence-electron chi connectivity index (χ0n) is 15.8. The average molecular weight is 414 g/mol. The molecule has 2 aromatic rings. The summed E-state index contributed by atoms with van der Waals surface area (Å²) >= 11 is 0.